The number of nitrogens with one attached hydrogen (secondary N) is 1. The van der Waals surface area contributed by atoms with Gasteiger partial charge >= 0.3 is 0 Å². The van der Waals surface area contributed by atoms with Crippen LogP contribution in [-0.4, -0.2) is 41.7 Å². The van der Waals surface area contributed by atoms with Crippen LogP contribution in [-0.2, 0) is 16.1 Å². The van der Waals surface area contributed by atoms with Crippen molar-refractivity contribution >= 4 is 23.6 Å². The number of methoxy groups -OCH3 is 1. The summed E-state index contributed by atoms with van der Waals surface area (Å²) in [7, 11) is 1.62. The van der Waals surface area contributed by atoms with Crippen molar-refractivity contribution in [2.45, 2.75) is 64.1 Å². The summed E-state index contributed by atoms with van der Waals surface area (Å²) in [6, 6.07) is 15.4. The van der Waals surface area contributed by atoms with Gasteiger partial charge in [-0.25, -0.2) is 0 Å². The third-order valence-corrected chi connectivity index (χ3v) is 6.30. The summed E-state index contributed by atoms with van der Waals surface area (Å²) in [6.45, 7) is 8.23. The molecule has 0 aliphatic heterocycles. The minimum Gasteiger partial charge on any atom is -0.497 e. The molecule has 2 amide bonds. The number of ether oxygens (including phenoxy) is 1. The molecule has 0 fully saturated rings. The molecule has 2 unspecified atom stereocenters. The summed E-state index contributed by atoms with van der Waals surface area (Å²) in [4.78, 5) is 28.7. The molecule has 168 valence electrons. The second-order valence-corrected chi connectivity index (χ2v) is 8.94. The molecule has 0 spiro atoms. The number of thioether (sulfide) groups is 1. The SMILES string of the molecule is CCC(C)NC(=O)C(C)N(Cc1ccc(OC)cc1)C(=O)CCSc1ccc(C)cc1. The Balaban J connectivity index is 2.07. The Hall–Kier alpha value is -2.47. The van der Waals surface area contributed by atoms with E-state index in [4.69, 9.17) is 4.74 Å². The third-order valence-electron chi connectivity index (χ3n) is 5.29. The highest BCUT2D eigenvalue weighted by atomic mass is 32.2. The summed E-state index contributed by atoms with van der Waals surface area (Å²) in [6.07, 6.45) is 1.22. The van der Waals surface area contributed by atoms with Gasteiger partial charge in [-0.1, -0.05) is 36.8 Å². The molecule has 5 nitrogen and oxygen atoms in total. The fourth-order valence-electron chi connectivity index (χ4n) is 3.01. The number of hydrogen-bond donors (Lipinski definition) is 1. The van der Waals surface area contributed by atoms with Gasteiger partial charge in [0.05, 0.1) is 7.11 Å². The Morgan fingerprint density at radius 2 is 1.71 bits per heavy atom. The molecule has 0 saturated heterocycles. The molecule has 0 heterocycles. The molecule has 0 aromatic heterocycles. The fourth-order valence-corrected chi connectivity index (χ4v) is 3.85. The molecule has 0 aliphatic carbocycles. The van der Waals surface area contributed by atoms with Crippen LogP contribution in [0.4, 0.5) is 0 Å². The maximum atomic E-state index is 13.1. The van der Waals surface area contributed by atoms with Crippen molar-refractivity contribution in [3.05, 3.63) is 59.7 Å². The Labute approximate surface area is 190 Å². The monoisotopic (exact) mass is 442 g/mol. The van der Waals surface area contributed by atoms with Gasteiger partial charge in [-0.15, -0.1) is 11.8 Å². The number of rotatable bonds is 11. The molecule has 6 heteroatoms. The smallest absolute Gasteiger partial charge is 0.242 e. The van der Waals surface area contributed by atoms with Crippen molar-refractivity contribution in [3.63, 3.8) is 0 Å². The molecule has 2 atom stereocenters. The largest absolute Gasteiger partial charge is 0.497 e. The predicted octanol–water partition coefficient (Wildman–Crippen LogP) is 4.82. The average Bonchev–Trinajstić information content (AvgIpc) is 2.78. The van der Waals surface area contributed by atoms with E-state index in [0.717, 1.165) is 22.6 Å². The van der Waals surface area contributed by atoms with Gasteiger partial charge in [0.1, 0.15) is 11.8 Å². The molecule has 0 bridgehead atoms. The van der Waals surface area contributed by atoms with Crippen molar-refractivity contribution in [1.82, 2.24) is 10.2 Å². The molecule has 2 rings (SSSR count). The van der Waals surface area contributed by atoms with Gasteiger partial charge in [-0.05, 0) is 57.0 Å². The maximum Gasteiger partial charge on any atom is 0.242 e. The summed E-state index contributed by atoms with van der Waals surface area (Å²) in [5, 5.41) is 3.00. The van der Waals surface area contributed by atoms with Gasteiger partial charge in [0.2, 0.25) is 11.8 Å². The van der Waals surface area contributed by atoms with Gasteiger partial charge in [0.25, 0.3) is 0 Å². The highest BCUT2D eigenvalue weighted by Gasteiger charge is 2.26. The molecular formula is C25H34N2O3S. The normalized spacial score (nSPS) is 12.7. The van der Waals surface area contributed by atoms with Crippen LogP contribution in [0, 0.1) is 6.92 Å². The van der Waals surface area contributed by atoms with Crippen molar-refractivity contribution in [1.29, 1.82) is 0 Å². The van der Waals surface area contributed by atoms with Gasteiger partial charge in [0, 0.05) is 29.7 Å². The van der Waals surface area contributed by atoms with Crippen LogP contribution in [0.25, 0.3) is 0 Å². The molecule has 2 aromatic carbocycles. The first kappa shape index (κ1) is 24.8. The standard InChI is InChI=1S/C25H34N2O3S/c1-6-19(3)26-25(29)20(4)27(17-21-9-11-22(30-5)12-10-21)24(28)15-16-31-23-13-7-18(2)8-14-23/h7-14,19-20H,6,15-17H2,1-5H3,(H,26,29). The Morgan fingerprint density at radius 3 is 2.29 bits per heavy atom. The first-order valence-electron chi connectivity index (χ1n) is 10.8. The second-order valence-electron chi connectivity index (χ2n) is 7.78. The molecule has 2 aromatic rings. The molecule has 0 aliphatic rings. The molecule has 31 heavy (non-hydrogen) atoms. The van der Waals surface area contributed by atoms with E-state index in [0.29, 0.717) is 18.7 Å². The number of aryl methyl sites for hydroxylation is 1. The van der Waals surface area contributed by atoms with Gasteiger partial charge in [-0.3, -0.25) is 9.59 Å². The summed E-state index contributed by atoms with van der Waals surface area (Å²) in [5.41, 5.74) is 2.18. The van der Waals surface area contributed by atoms with E-state index in [1.165, 1.54) is 5.56 Å². The lowest BCUT2D eigenvalue weighted by Crippen LogP contribution is -2.49. The van der Waals surface area contributed by atoms with Crippen molar-refractivity contribution in [2.24, 2.45) is 0 Å². The first-order chi connectivity index (χ1) is 14.8. The first-order valence-corrected chi connectivity index (χ1v) is 11.7. The number of amides is 2. The molecule has 1 N–H and O–H groups in total. The van der Waals surface area contributed by atoms with E-state index in [1.807, 2.05) is 38.1 Å². The predicted molar refractivity (Wildman–Crippen MR) is 127 cm³/mol. The maximum absolute atomic E-state index is 13.1. The van der Waals surface area contributed by atoms with Gasteiger partial charge < -0.3 is 15.0 Å². The molecule has 0 radical (unpaired) electrons. The van der Waals surface area contributed by atoms with Crippen molar-refractivity contribution in [3.8, 4) is 5.75 Å². The van der Waals surface area contributed by atoms with E-state index in [9.17, 15) is 9.59 Å². The van der Waals surface area contributed by atoms with Crippen LogP contribution in [0.2, 0.25) is 0 Å². The van der Waals surface area contributed by atoms with Crippen LogP contribution in [0.15, 0.2) is 53.4 Å². The van der Waals surface area contributed by atoms with Crippen LogP contribution in [0.5, 0.6) is 5.75 Å². The minimum absolute atomic E-state index is 0.0257. The topological polar surface area (TPSA) is 58.6 Å². The molecular weight excluding hydrogens is 408 g/mol. The lowest BCUT2D eigenvalue weighted by molar-refractivity contribution is -0.140. The third kappa shape index (κ3) is 7.94. The quantitative estimate of drug-likeness (QED) is 0.507. The fraction of sp³-hybridized carbons (Fsp3) is 0.440. The van der Waals surface area contributed by atoms with Crippen LogP contribution in [0.3, 0.4) is 0 Å². The van der Waals surface area contributed by atoms with Crippen LogP contribution >= 0.6 is 11.8 Å². The number of nitrogens with zero attached hydrogens (tertiary/aromatic N) is 1. The summed E-state index contributed by atoms with van der Waals surface area (Å²) < 4.78 is 5.22. The number of benzene rings is 2. The Morgan fingerprint density at radius 1 is 1.06 bits per heavy atom. The zero-order chi connectivity index (χ0) is 22.8. The molecule has 0 saturated carbocycles. The number of carbonyl (C=O) groups excluding carboxylic acids is 2. The van der Waals surface area contributed by atoms with Crippen molar-refractivity contribution in [2.75, 3.05) is 12.9 Å². The highest BCUT2D eigenvalue weighted by molar-refractivity contribution is 7.99. The van der Waals surface area contributed by atoms with E-state index >= 15 is 0 Å². The van der Waals surface area contributed by atoms with E-state index in [1.54, 1.807) is 30.7 Å². The minimum atomic E-state index is -0.548. The summed E-state index contributed by atoms with van der Waals surface area (Å²) >= 11 is 1.66. The van der Waals surface area contributed by atoms with E-state index < -0.39 is 6.04 Å². The average molecular weight is 443 g/mol. The van der Waals surface area contributed by atoms with Crippen LogP contribution in [0.1, 0.15) is 44.7 Å². The lowest BCUT2D eigenvalue weighted by atomic mass is 10.1. The zero-order valence-corrected chi connectivity index (χ0v) is 20.0. The highest BCUT2D eigenvalue weighted by Crippen LogP contribution is 2.21. The van der Waals surface area contributed by atoms with Gasteiger partial charge in [0.15, 0.2) is 0 Å². The lowest BCUT2D eigenvalue weighted by Gasteiger charge is -2.29. The second kappa shape index (κ2) is 12.4. The van der Waals surface area contributed by atoms with Crippen molar-refractivity contribution < 1.29 is 14.3 Å². The number of hydrogen-bond acceptors (Lipinski definition) is 4. The van der Waals surface area contributed by atoms with Crippen LogP contribution < -0.4 is 10.1 Å². The van der Waals surface area contributed by atoms with Gasteiger partial charge in [-0.2, -0.15) is 0 Å². The Kier molecular flexibility index (Phi) is 9.92. The van der Waals surface area contributed by atoms with E-state index in [2.05, 4.69) is 36.5 Å². The Bertz CT molecular complexity index is 837. The number of carbonyl (C=O) groups is 2. The zero-order valence-electron chi connectivity index (χ0n) is 19.2. The summed E-state index contributed by atoms with van der Waals surface area (Å²) in [5.74, 6) is 1.28. The van der Waals surface area contributed by atoms with E-state index in [-0.39, 0.29) is 17.9 Å².